The number of aryl methyl sites for hydroxylation is 2. The summed E-state index contributed by atoms with van der Waals surface area (Å²) in [7, 11) is 0. The lowest BCUT2D eigenvalue weighted by Gasteiger charge is -2.16. The first-order valence-corrected chi connectivity index (χ1v) is 12.7. The molecule has 1 N–H and O–H groups in total. The predicted octanol–water partition coefficient (Wildman–Crippen LogP) is 7.10. The van der Waals surface area contributed by atoms with Gasteiger partial charge in [-0.1, -0.05) is 68.5 Å². The molecule has 0 saturated heterocycles. The molecular formula is C27H27IO3S. The molecule has 0 bridgehead atoms. The Labute approximate surface area is 208 Å². The van der Waals surface area contributed by atoms with Gasteiger partial charge in [-0.15, -0.1) is 11.8 Å². The van der Waals surface area contributed by atoms with Crippen molar-refractivity contribution < 1.29 is 14.6 Å². The van der Waals surface area contributed by atoms with Gasteiger partial charge in [0.1, 0.15) is 5.75 Å². The molecule has 0 amide bonds. The summed E-state index contributed by atoms with van der Waals surface area (Å²) in [5.41, 5.74) is 6.57. The maximum Gasteiger partial charge on any atom is 0.341 e. The number of hydrogen-bond acceptors (Lipinski definition) is 3. The number of thioether (sulfide) groups is 1. The van der Waals surface area contributed by atoms with Crippen molar-refractivity contribution in [1.29, 1.82) is 0 Å². The second-order valence-corrected chi connectivity index (χ2v) is 9.48. The summed E-state index contributed by atoms with van der Waals surface area (Å²) in [5, 5.41) is 8.81. The lowest BCUT2D eigenvalue weighted by Crippen LogP contribution is -2.10. The highest BCUT2D eigenvalue weighted by Crippen LogP contribution is 2.32. The molecule has 0 saturated carbocycles. The van der Waals surface area contributed by atoms with Gasteiger partial charge in [-0.25, -0.2) is 4.79 Å². The van der Waals surface area contributed by atoms with E-state index in [-0.39, 0.29) is 6.61 Å². The first-order valence-electron chi connectivity index (χ1n) is 10.7. The van der Waals surface area contributed by atoms with Gasteiger partial charge in [0, 0.05) is 10.6 Å². The SMILES string of the molecule is CCc1ccccc1C(=CCSc1ccc(OCC(=O)O)c(I)c1)c1ccccc1CC. The van der Waals surface area contributed by atoms with Gasteiger partial charge in [-0.05, 0) is 81.5 Å². The first kappa shape index (κ1) is 24.4. The van der Waals surface area contributed by atoms with Crippen molar-refractivity contribution in [2.75, 3.05) is 12.4 Å². The molecule has 3 nitrogen and oxygen atoms in total. The number of carboxylic acids is 1. The number of benzene rings is 3. The number of hydrogen-bond donors (Lipinski definition) is 1. The third kappa shape index (κ3) is 6.39. The molecule has 5 heteroatoms. The number of aliphatic carboxylic acids is 1. The van der Waals surface area contributed by atoms with Crippen LogP contribution in [0.3, 0.4) is 0 Å². The molecule has 0 fully saturated rings. The monoisotopic (exact) mass is 558 g/mol. The average Bonchev–Trinajstić information content (AvgIpc) is 2.81. The van der Waals surface area contributed by atoms with Gasteiger partial charge >= 0.3 is 5.97 Å². The minimum absolute atomic E-state index is 0.331. The average molecular weight is 558 g/mol. The second-order valence-electron chi connectivity index (χ2n) is 7.22. The third-order valence-corrected chi connectivity index (χ3v) is 6.93. The lowest BCUT2D eigenvalue weighted by atomic mass is 9.89. The lowest BCUT2D eigenvalue weighted by molar-refractivity contribution is -0.139. The van der Waals surface area contributed by atoms with Crippen molar-refractivity contribution in [1.82, 2.24) is 0 Å². The Morgan fingerprint density at radius 3 is 2.09 bits per heavy atom. The van der Waals surface area contributed by atoms with Crippen molar-refractivity contribution in [2.24, 2.45) is 0 Å². The normalized spacial score (nSPS) is 10.6. The van der Waals surface area contributed by atoms with Gasteiger partial charge in [0.25, 0.3) is 0 Å². The van der Waals surface area contributed by atoms with Crippen LogP contribution in [0, 0.1) is 3.57 Å². The molecule has 0 aromatic heterocycles. The fraction of sp³-hybridized carbons (Fsp3) is 0.222. The molecule has 3 rings (SSSR count). The Morgan fingerprint density at radius 2 is 1.56 bits per heavy atom. The summed E-state index contributed by atoms with van der Waals surface area (Å²) in [5.74, 6) is 0.454. The molecule has 0 spiro atoms. The van der Waals surface area contributed by atoms with E-state index in [4.69, 9.17) is 9.84 Å². The number of ether oxygens (including phenoxy) is 1. The van der Waals surface area contributed by atoms with Crippen molar-refractivity contribution in [3.63, 3.8) is 0 Å². The molecule has 0 radical (unpaired) electrons. The summed E-state index contributed by atoms with van der Waals surface area (Å²) in [6, 6.07) is 23.2. The molecule has 0 unspecified atom stereocenters. The summed E-state index contributed by atoms with van der Waals surface area (Å²) in [6.07, 6.45) is 4.31. The van der Waals surface area contributed by atoms with Crippen LogP contribution in [0.4, 0.5) is 0 Å². The Hall–Kier alpha value is -2.25. The molecule has 32 heavy (non-hydrogen) atoms. The maximum atomic E-state index is 10.7. The third-order valence-electron chi connectivity index (χ3n) is 5.17. The highest BCUT2D eigenvalue weighted by molar-refractivity contribution is 14.1. The van der Waals surface area contributed by atoms with Crippen molar-refractivity contribution in [3.8, 4) is 5.75 Å². The second kappa shape index (κ2) is 12.1. The van der Waals surface area contributed by atoms with E-state index in [2.05, 4.69) is 91.0 Å². The zero-order valence-electron chi connectivity index (χ0n) is 18.3. The van der Waals surface area contributed by atoms with E-state index >= 15 is 0 Å². The van der Waals surface area contributed by atoms with E-state index in [1.165, 1.54) is 27.8 Å². The van der Waals surface area contributed by atoms with Crippen LogP contribution in [0.15, 0.2) is 77.7 Å². The minimum Gasteiger partial charge on any atom is -0.481 e. The van der Waals surface area contributed by atoms with Gasteiger partial charge in [-0.2, -0.15) is 0 Å². The van der Waals surface area contributed by atoms with Crippen LogP contribution in [-0.2, 0) is 17.6 Å². The van der Waals surface area contributed by atoms with Gasteiger partial charge in [0.15, 0.2) is 6.61 Å². The zero-order valence-corrected chi connectivity index (χ0v) is 21.3. The Morgan fingerprint density at radius 1 is 0.969 bits per heavy atom. The standard InChI is InChI=1S/C27H27IO3S/c1-3-19-9-5-7-11-22(19)24(23-12-8-6-10-20(23)4-2)15-16-32-21-13-14-26(25(28)17-21)31-18-27(29)30/h5-15,17H,3-4,16,18H2,1-2H3,(H,29,30). The zero-order chi connectivity index (χ0) is 22.9. The summed E-state index contributed by atoms with van der Waals surface area (Å²) < 4.78 is 6.24. The quantitative estimate of drug-likeness (QED) is 0.213. The molecule has 0 aliphatic rings. The highest BCUT2D eigenvalue weighted by Gasteiger charge is 2.12. The van der Waals surface area contributed by atoms with Crippen molar-refractivity contribution >= 4 is 45.9 Å². The van der Waals surface area contributed by atoms with E-state index in [0.717, 1.165) is 27.1 Å². The number of carbonyl (C=O) groups is 1. The van der Waals surface area contributed by atoms with E-state index in [0.29, 0.717) is 5.75 Å². The van der Waals surface area contributed by atoms with E-state index in [1.807, 2.05) is 18.2 Å². The number of rotatable bonds is 10. The van der Waals surface area contributed by atoms with Gasteiger partial charge in [0.05, 0.1) is 3.57 Å². The number of halogens is 1. The van der Waals surface area contributed by atoms with Gasteiger partial charge < -0.3 is 9.84 Å². The van der Waals surface area contributed by atoms with Crippen LogP contribution >= 0.6 is 34.4 Å². The van der Waals surface area contributed by atoms with Crippen LogP contribution in [0.2, 0.25) is 0 Å². The molecule has 0 aliphatic carbocycles. The van der Waals surface area contributed by atoms with Gasteiger partial charge in [-0.3, -0.25) is 0 Å². The van der Waals surface area contributed by atoms with Crippen LogP contribution in [0.5, 0.6) is 5.75 Å². The molecule has 0 heterocycles. The van der Waals surface area contributed by atoms with Gasteiger partial charge in [0.2, 0.25) is 0 Å². The highest BCUT2D eigenvalue weighted by atomic mass is 127. The smallest absolute Gasteiger partial charge is 0.341 e. The molecule has 3 aromatic carbocycles. The summed E-state index contributed by atoms with van der Waals surface area (Å²) in [6.45, 7) is 4.07. The van der Waals surface area contributed by atoms with Crippen LogP contribution in [0.1, 0.15) is 36.1 Å². The Balaban J connectivity index is 1.87. The molecule has 166 valence electrons. The largest absolute Gasteiger partial charge is 0.481 e. The van der Waals surface area contributed by atoms with E-state index in [9.17, 15) is 4.79 Å². The van der Waals surface area contributed by atoms with E-state index < -0.39 is 5.97 Å². The summed E-state index contributed by atoms with van der Waals surface area (Å²) in [4.78, 5) is 11.9. The Kier molecular flexibility index (Phi) is 9.23. The molecule has 0 atom stereocenters. The van der Waals surface area contributed by atoms with Crippen LogP contribution in [-0.4, -0.2) is 23.4 Å². The molecule has 3 aromatic rings. The Bertz CT molecular complexity index is 1060. The minimum atomic E-state index is -0.975. The molecule has 0 aliphatic heterocycles. The predicted molar refractivity (Wildman–Crippen MR) is 142 cm³/mol. The fourth-order valence-corrected chi connectivity index (χ4v) is 5.29. The van der Waals surface area contributed by atoms with Crippen molar-refractivity contribution in [3.05, 3.63) is 98.6 Å². The maximum absolute atomic E-state index is 10.7. The van der Waals surface area contributed by atoms with Crippen LogP contribution in [0.25, 0.3) is 5.57 Å². The van der Waals surface area contributed by atoms with Crippen LogP contribution < -0.4 is 4.74 Å². The number of carboxylic acid groups (broad SMARTS) is 1. The topological polar surface area (TPSA) is 46.5 Å². The summed E-state index contributed by atoms with van der Waals surface area (Å²) >= 11 is 3.95. The fourth-order valence-electron chi connectivity index (χ4n) is 3.60. The first-order chi connectivity index (χ1) is 15.5. The van der Waals surface area contributed by atoms with Crippen molar-refractivity contribution in [2.45, 2.75) is 31.6 Å². The molecular weight excluding hydrogens is 531 g/mol. The van der Waals surface area contributed by atoms with E-state index in [1.54, 1.807) is 11.8 Å².